The van der Waals surface area contributed by atoms with Gasteiger partial charge in [0, 0.05) is 13.1 Å². The van der Waals surface area contributed by atoms with E-state index in [2.05, 4.69) is 19.7 Å². The van der Waals surface area contributed by atoms with Crippen molar-refractivity contribution in [2.45, 2.75) is 44.0 Å². The molecule has 178 valence electrons. The fourth-order valence-corrected chi connectivity index (χ4v) is 4.16. The number of sulfonamides is 1. The zero-order valence-corrected chi connectivity index (χ0v) is 19.1. The lowest BCUT2D eigenvalue weighted by Gasteiger charge is -2.11. The van der Waals surface area contributed by atoms with E-state index >= 15 is 0 Å². The summed E-state index contributed by atoms with van der Waals surface area (Å²) >= 11 is 0. The molecular weight excluding hydrogens is 452 g/mol. The quantitative estimate of drug-likeness (QED) is 0.293. The first-order valence-electron chi connectivity index (χ1n) is 10.3. The van der Waals surface area contributed by atoms with Gasteiger partial charge < -0.3 is 20.6 Å². The Bertz CT molecular complexity index is 1320. The van der Waals surface area contributed by atoms with Gasteiger partial charge in [0.25, 0.3) is 0 Å². The lowest BCUT2D eigenvalue weighted by Crippen LogP contribution is -2.30. The highest BCUT2D eigenvalue weighted by Crippen LogP contribution is 2.20. The minimum Gasteiger partial charge on any atom is -0.481 e. The largest absolute Gasteiger partial charge is 0.481 e. The zero-order chi connectivity index (χ0) is 24.2. The highest BCUT2D eigenvalue weighted by Gasteiger charge is 2.20. The molecule has 0 bridgehead atoms. The van der Waals surface area contributed by atoms with Crippen LogP contribution in [0.4, 0.5) is 5.82 Å². The van der Waals surface area contributed by atoms with E-state index in [4.69, 9.17) is 15.6 Å². The molecule has 1 atom stereocenters. The van der Waals surface area contributed by atoms with Gasteiger partial charge in [0.05, 0.1) is 17.4 Å². The number of fused-ring (bicyclic) bond motifs is 1. The molecule has 12 nitrogen and oxygen atoms in total. The van der Waals surface area contributed by atoms with E-state index < -0.39 is 27.6 Å². The first-order valence-corrected chi connectivity index (χ1v) is 11.8. The van der Waals surface area contributed by atoms with Crippen molar-refractivity contribution in [1.82, 2.24) is 24.2 Å². The summed E-state index contributed by atoms with van der Waals surface area (Å²) in [4.78, 5) is 34.3. The maximum Gasteiger partial charge on any atom is 0.327 e. The second-order valence-electron chi connectivity index (χ2n) is 7.40. The van der Waals surface area contributed by atoms with Crippen LogP contribution < -0.4 is 20.9 Å². The standard InChI is InChI=1S/C20H26N6O6S/c1-3-4-10-32-19-24-16(21)15-17(25-19)26(20(29)23-15)9-8-22-33(30,31)14-7-5-6-13(11-14)12(2)18(27)28/h5-7,11-12,22H,3-4,8-10H2,1-2H3,(H,23,29)(H,27,28)(H2,21,24,25). The van der Waals surface area contributed by atoms with E-state index in [1.165, 1.54) is 29.7 Å². The molecule has 0 aliphatic rings. The third-order valence-electron chi connectivity index (χ3n) is 5.03. The number of unbranched alkanes of at least 4 members (excludes halogenated alkanes) is 1. The lowest BCUT2D eigenvalue weighted by molar-refractivity contribution is -0.138. The summed E-state index contributed by atoms with van der Waals surface area (Å²) in [5, 5.41) is 9.16. The summed E-state index contributed by atoms with van der Waals surface area (Å²) in [6.45, 7) is 3.72. The van der Waals surface area contributed by atoms with E-state index in [0.717, 1.165) is 12.8 Å². The number of H-pyrrole nitrogens is 1. The molecule has 0 radical (unpaired) electrons. The fourth-order valence-electron chi connectivity index (χ4n) is 3.08. The monoisotopic (exact) mass is 478 g/mol. The van der Waals surface area contributed by atoms with Gasteiger partial charge in [-0.15, -0.1) is 0 Å². The van der Waals surface area contributed by atoms with E-state index in [-0.39, 0.29) is 41.0 Å². The number of anilines is 1. The van der Waals surface area contributed by atoms with Crippen molar-refractivity contribution in [2.75, 3.05) is 18.9 Å². The average Bonchev–Trinajstić information content (AvgIpc) is 3.09. The van der Waals surface area contributed by atoms with Crippen LogP contribution in [0, 0.1) is 0 Å². The Kier molecular flexibility index (Phi) is 7.33. The summed E-state index contributed by atoms with van der Waals surface area (Å²) in [5.74, 6) is -1.87. The van der Waals surface area contributed by atoms with Crippen LogP contribution in [0.15, 0.2) is 34.0 Å². The molecule has 5 N–H and O–H groups in total. The van der Waals surface area contributed by atoms with Crippen molar-refractivity contribution in [1.29, 1.82) is 0 Å². The Labute approximate surface area is 189 Å². The van der Waals surface area contributed by atoms with E-state index in [9.17, 15) is 18.0 Å². The number of aromatic amines is 1. The third-order valence-corrected chi connectivity index (χ3v) is 6.48. The molecule has 0 amide bonds. The number of nitrogens with zero attached hydrogens (tertiary/aromatic N) is 3. The smallest absolute Gasteiger partial charge is 0.327 e. The summed E-state index contributed by atoms with van der Waals surface area (Å²) in [6, 6.07) is 5.74. The van der Waals surface area contributed by atoms with Gasteiger partial charge in [-0.25, -0.2) is 17.9 Å². The number of carbonyl (C=O) groups is 1. The zero-order valence-electron chi connectivity index (χ0n) is 18.2. The Morgan fingerprint density at radius 2 is 2.12 bits per heavy atom. The van der Waals surface area contributed by atoms with Gasteiger partial charge in [0.1, 0.15) is 5.52 Å². The molecule has 0 fully saturated rings. The van der Waals surface area contributed by atoms with E-state index in [1.54, 1.807) is 6.07 Å². The molecule has 13 heteroatoms. The van der Waals surface area contributed by atoms with E-state index in [0.29, 0.717) is 12.2 Å². The molecule has 0 saturated heterocycles. The molecular formula is C20H26N6O6S. The lowest BCUT2D eigenvalue weighted by atomic mass is 10.0. The van der Waals surface area contributed by atoms with Crippen LogP contribution >= 0.6 is 0 Å². The topological polar surface area (TPSA) is 182 Å². The fraction of sp³-hybridized carbons (Fsp3) is 0.400. The van der Waals surface area contributed by atoms with Crippen LogP contribution in [0.5, 0.6) is 6.01 Å². The molecule has 3 rings (SSSR count). The number of nitrogens with one attached hydrogen (secondary N) is 2. The SMILES string of the molecule is CCCCOc1nc(N)c2[nH]c(=O)n(CCNS(=O)(=O)c3cccc(C(C)C(=O)O)c3)c2n1. The minimum atomic E-state index is -3.94. The molecule has 0 aliphatic carbocycles. The van der Waals surface area contributed by atoms with Crippen LogP contribution in [-0.2, 0) is 21.4 Å². The van der Waals surface area contributed by atoms with E-state index in [1.807, 2.05) is 6.92 Å². The number of aliphatic carboxylic acids is 1. The second-order valence-corrected chi connectivity index (χ2v) is 9.17. The average molecular weight is 479 g/mol. The maximum atomic E-state index is 12.7. The number of carboxylic acid groups (broad SMARTS) is 1. The summed E-state index contributed by atoms with van der Waals surface area (Å²) in [7, 11) is -3.94. The molecule has 3 aromatic rings. The normalized spacial score (nSPS) is 12.7. The molecule has 1 aromatic carbocycles. The molecule has 1 unspecified atom stereocenters. The van der Waals surface area contributed by atoms with Crippen LogP contribution in [0.2, 0.25) is 0 Å². The van der Waals surface area contributed by atoms with Crippen LogP contribution in [0.1, 0.15) is 38.2 Å². The molecule has 0 spiro atoms. The number of hydrogen-bond donors (Lipinski definition) is 4. The highest BCUT2D eigenvalue weighted by molar-refractivity contribution is 7.89. The van der Waals surface area contributed by atoms with Gasteiger partial charge in [-0.2, -0.15) is 9.97 Å². The van der Waals surface area contributed by atoms with Crippen LogP contribution in [0.25, 0.3) is 11.2 Å². The van der Waals surface area contributed by atoms with Crippen molar-refractivity contribution < 1.29 is 23.1 Å². The molecule has 0 aliphatic heterocycles. The number of carboxylic acids is 1. The number of nitrogen functional groups attached to an aromatic ring is 1. The molecule has 33 heavy (non-hydrogen) atoms. The number of nitrogens with two attached hydrogens (primary N) is 1. The predicted molar refractivity (Wildman–Crippen MR) is 121 cm³/mol. The molecule has 2 aromatic heterocycles. The number of benzene rings is 1. The Hall–Kier alpha value is -3.45. The Morgan fingerprint density at radius 3 is 2.82 bits per heavy atom. The number of ether oxygens (including phenoxy) is 1. The second kappa shape index (κ2) is 10.0. The van der Waals surface area contributed by atoms with Crippen molar-refractivity contribution >= 4 is 33.0 Å². The number of aromatic nitrogens is 4. The first-order chi connectivity index (χ1) is 15.6. The Balaban J connectivity index is 1.78. The third kappa shape index (κ3) is 5.49. The molecule has 0 saturated carbocycles. The van der Waals surface area contributed by atoms with Gasteiger partial charge in [0.2, 0.25) is 10.0 Å². The summed E-state index contributed by atoms with van der Waals surface area (Å²) in [5.41, 5.74) is 6.19. The minimum absolute atomic E-state index is 0.0335. The van der Waals surface area contributed by atoms with Gasteiger partial charge in [-0.1, -0.05) is 25.5 Å². The maximum absolute atomic E-state index is 12.7. The van der Waals surface area contributed by atoms with Gasteiger partial charge in [-0.3, -0.25) is 9.36 Å². The van der Waals surface area contributed by atoms with Crippen molar-refractivity contribution in [3.8, 4) is 6.01 Å². The summed E-state index contributed by atoms with van der Waals surface area (Å²) in [6.07, 6.45) is 1.72. The van der Waals surface area contributed by atoms with Crippen molar-refractivity contribution in [2.24, 2.45) is 0 Å². The van der Waals surface area contributed by atoms with Gasteiger partial charge in [-0.05, 0) is 31.0 Å². The van der Waals surface area contributed by atoms with Crippen LogP contribution in [0.3, 0.4) is 0 Å². The Morgan fingerprint density at radius 1 is 1.36 bits per heavy atom. The van der Waals surface area contributed by atoms with Crippen molar-refractivity contribution in [3.63, 3.8) is 0 Å². The highest BCUT2D eigenvalue weighted by atomic mass is 32.2. The number of hydrogen-bond acceptors (Lipinski definition) is 8. The summed E-state index contributed by atoms with van der Waals surface area (Å²) < 4.78 is 34.5. The first kappa shape index (κ1) is 24.2. The van der Waals surface area contributed by atoms with Gasteiger partial charge >= 0.3 is 17.7 Å². The number of rotatable bonds is 11. The molecule has 2 heterocycles. The van der Waals surface area contributed by atoms with Gasteiger partial charge in [0.15, 0.2) is 11.5 Å². The number of imidazole rings is 1. The van der Waals surface area contributed by atoms with Crippen molar-refractivity contribution in [3.05, 3.63) is 40.3 Å². The van der Waals surface area contributed by atoms with Crippen LogP contribution in [-0.4, -0.2) is 52.2 Å². The predicted octanol–water partition coefficient (Wildman–Crippen LogP) is 1.05.